The van der Waals surface area contributed by atoms with E-state index in [2.05, 4.69) is 17.1 Å². The fraction of sp³-hybridized carbons (Fsp3) is 0.370. The number of thiazole rings is 1. The Balaban J connectivity index is 1.26. The molecule has 0 unspecified atom stereocenters. The van der Waals surface area contributed by atoms with Crippen LogP contribution in [0.2, 0.25) is 0 Å². The highest BCUT2D eigenvalue weighted by atomic mass is 32.1. The Morgan fingerprint density at radius 3 is 2.51 bits per heavy atom. The maximum absolute atomic E-state index is 13.0. The van der Waals surface area contributed by atoms with Crippen molar-refractivity contribution in [1.82, 2.24) is 20.1 Å². The van der Waals surface area contributed by atoms with Crippen molar-refractivity contribution in [3.05, 3.63) is 65.9 Å². The first-order valence-corrected chi connectivity index (χ1v) is 13.0. The Hall–Kier alpha value is -3.39. The Kier molecular flexibility index (Phi) is 6.72. The molecule has 4 aromatic rings. The van der Waals surface area contributed by atoms with Crippen LogP contribution in [0.5, 0.6) is 5.75 Å². The smallest absolute Gasteiger partial charge is 0.227 e. The molecule has 1 aliphatic rings. The number of amides is 1. The molecule has 5 rings (SSSR count). The number of aryl methyl sites for hydroxylation is 1. The summed E-state index contributed by atoms with van der Waals surface area (Å²) < 4.78 is 8.30. The Labute approximate surface area is 209 Å². The topological polar surface area (TPSA) is 72.3 Å². The number of hydrogen-bond acceptors (Lipinski definition) is 6. The van der Waals surface area contributed by atoms with Gasteiger partial charge in [0, 0.05) is 19.1 Å². The van der Waals surface area contributed by atoms with Gasteiger partial charge in [-0.15, -0.1) is 0 Å². The number of carbonyl (C=O) groups is 1. The first-order chi connectivity index (χ1) is 17.1. The number of nitrogens with one attached hydrogen (secondary N) is 1. The fourth-order valence-electron chi connectivity index (χ4n) is 4.74. The molecule has 8 heteroatoms. The molecule has 3 heterocycles. The monoisotopic (exact) mass is 489 g/mol. The molecule has 7 nitrogen and oxygen atoms in total. The van der Waals surface area contributed by atoms with Gasteiger partial charge < -0.3 is 15.0 Å². The molecule has 35 heavy (non-hydrogen) atoms. The van der Waals surface area contributed by atoms with E-state index in [1.807, 2.05) is 66.2 Å². The standard InChI is InChI=1S/C27H31N5O2S/c1-4-23(19-8-6-5-7-9-19)26(33)28-20-14-16-31(17-15-20)27-29-25-24(35-27)18(2)30-32(25)21-10-12-22(34-3)13-11-21/h5-13,20,23H,4,14-17H2,1-3H3,(H,28,33)/t23-/m0/s1. The summed E-state index contributed by atoms with van der Waals surface area (Å²) in [6, 6.07) is 18.1. The van der Waals surface area contributed by atoms with Gasteiger partial charge >= 0.3 is 0 Å². The molecule has 0 spiro atoms. The van der Waals surface area contributed by atoms with Crippen LogP contribution in [0.3, 0.4) is 0 Å². The molecule has 2 aromatic heterocycles. The van der Waals surface area contributed by atoms with Crippen molar-refractivity contribution < 1.29 is 9.53 Å². The average molecular weight is 490 g/mol. The van der Waals surface area contributed by atoms with E-state index in [0.717, 1.165) is 70.5 Å². The van der Waals surface area contributed by atoms with Gasteiger partial charge in [0.25, 0.3) is 0 Å². The Morgan fingerprint density at radius 2 is 1.86 bits per heavy atom. The number of piperidine rings is 1. The number of nitrogens with zero attached hydrogens (tertiary/aromatic N) is 4. The molecule has 182 valence electrons. The van der Waals surface area contributed by atoms with Crippen molar-refractivity contribution in [3.8, 4) is 11.4 Å². The predicted molar refractivity (Wildman–Crippen MR) is 141 cm³/mol. The number of methoxy groups -OCH3 is 1. The maximum Gasteiger partial charge on any atom is 0.227 e. The lowest BCUT2D eigenvalue weighted by Crippen LogP contribution is -2.46. The minimum atomic E-state index is -0.0950. The van der Waals surface area contributed by atoms with Gasteiger partial charge in [0.2, 0.25) is 5.91 Å². The summed E-state index contributed by atoms with van der Waals surface area (Å²) in [7, 11) is 1.66. The average Bonchev–Trinajstić information content (AvgIpc) is 3.46. The minimum Gasteiger partial charge on any atom is -0.497 e. The summed E-state index contributed by atoms with van der Waals surface area (Å²) in [6.07, 6.45) is 2.62. The third-order valence-corrected chi connectivity index (χ3v) is 7.95. The van der Waals surface area contributed by atoms with Crippen molar-refractivity contribution in [1.29, 1.82) is 0 Å². The van der Waals surface area contributed by atoms with Crippen molar-refractivity contribution in [2.24, 2.45) is 0 Å². The van der Waals surface area contributed by atoms with Crippen molar-refractivity contribution in [2.75, 3.05) is 25.1 Å². The summed E-state index contributed by atoms with van der Waals surface area (Å²) in [5.41, 5.74) is 3.91. The maximum atomic E-state index is 13.0. The molecule has 0 radical (unpaired) electrons. The highest BCUT2D eigenvalue weighted by Crippen LogP contribution is 2.34. The van der Waals surface area contributed by atoms with Gasteiger partial charge in [-0.3, -0.25) is 4.79 Å². The number of hydrogen-bond donors (Lipinski definition) is 1. The number of benzene rings is 2. The van der Waals surface area contributed by atoms with Gasteiger partial charge in [0.1, 0.15) is 5.75 Å². The van der Waals surface area contributed by atoms with Gasteiger partial charge in [-0.05, 0) is 56.0 Å². The number of carbonyl (C=O) groups excluding carboxylic acids is 1. The molecule has 0 saturated carbocycles. The van der Waals surface area contributed by atoms with Crippen molar-refractivity contribution >= 4 is 32.7 Å². The van der Waals surface area contributed by atoms with Crippen molar-refractivity contribution in [2.45, 2.75) is 45.1 Å². The SMILES string of the molecule is CC[C@H](C(=O)NC1CCN(c2nc3c(s2)c(C)nn3-c2ccc(OC)cc2)CC1)c1ccccc1. The summed E-state index contributed by atoms with van der Waals surface area (Å²) >= 11 is 1.69. The van der Waals surface area contributed by atoms with Gasteiger partial charge in [-0.25, -0.2) is 4.68 Å². The lowest BCUT2D eigenvalue weighted by molar-refractivity contribution is -0.123. The van der Waals surface area contributed by atoms with Crippen LogP contribution in [0, 0.1) is 6.92 Å². The van der Waals surface area contributed by atoms with Crippen LogP contribution in [0.25, 0.3) is 16.0 Å². The first kappa shape index (κ1) is 23.4. The van der Waals surface area contributed by atoms with Gasteiger partial charge in [-0.2, -0.15) is 10.1 Å². The Morgan fingerprint density at radius 1 is 1.14 bits per heavy atom. The first-order valence-electron chi connectivity index (χ1n) is 12.2. The lowest BCUT2D eigenvalue weighted by atomic mass is 9.94. The quantitative estimate of drug-likeness (QED) is 0.392. The lowest BCUT2D eigenvalue weighted by Gasteiger charge is -2.33. The molecule has 1 fully saturated rings. The van der Waals surface area contributed by atoms with E-state index in [1.54, 1.807) is 18.4 Å². The van der Waals surface area contributed by atoms with Crippen LogP contribution in [0.15, 0.2) is 54.6 Å². The second-order valence-electron chi connectivity index (χ2n) is 8.99. The van der Waals surface area contributed by atoms with Gasteiger partial charge in [0.05, 0.1) is 29.1 Å². The largest absolute Gasteiger partial charge is 0.497 e. The summed E-state index contributed by atoms with van der Waals surface area (Å²) in [6.45, 7) is 5.85. The molecule has 1 aliphatic heterocycles. The van der Waals surface area contributed by atoms with Crippen LogP contribution < -0.4 is 15.0 Å². The molecule has 1 saturated heterocycles. The van der Waals surface area contributed by atoms with E-state index in [0.29, 0.717) is 0 Å². The normalized spacial score (nSPS) is 15.3. The van der Waals surface area contributed by atoms with Crippen molar-refractivity contribution in [3.63, 3.8) is 0 Å². The van der Waals surface area contributed by atoms with Gasteiger partial charge in [0.15, 0.2) is 10.8 Å². The second kappa shape index (κ2) is 10.1. The van der Waals surface area contributed by atoms with Crippen LogP contribution in [-0.4, -0.2) is 46.9 Å². The molecule has 0 bridgehead atoms. The molecule has 1 atom stereocenters. The van der Waals surface area contributed by atoms with E-state index in [9.17, 15) is 4.79 Å². The zero-order chi connectivity index (χ0) is 24.4. The number of ether oxygens (including phenoxy) is 1. The van der Waals surface area contributed by atoms with E-state index >= 15 is 0 Å². The molecule has 0 aliphatic carbocycles. The number of fused-ring (bicyclic) bond motifs is 1. The van der Waals surface area contributed by atoms with E-state index in [4.69, 9.17) is 14.8 Å². The van der Waals surface area contributed by atoms with E-state index in [-0.39, 0.29) is 17.9 Å². The minimum absolute atomic E-state index is 0.0950. The summed E-state index contributed by atoms with van der Waals surface area (Å²) in [5.74, 6) is 0.853. The molecule has 1 N–H and O–H groups in total. The van der Waals surface area contributed by atoms with Crippen LogP contribution >= 0.6 is 11.3 Å². The zero-order valence-electron chi connectivity index (χ0n) is 20.4. The highest BCUT2D eigenvalue weighted by molar-refractivity contribution is 7.22. The molecule has 1 amide bonds. The number of aromatic nitrogens is 3. The summed E-state index contributed by atoms with van der Waals surface area (Å²) in [5, 5.41) is 9.03. The highest BCUT2D eigenvalue weighted by Gasteiger charge is 2.27. The molecule has 2 aromatic carbocycles. The third-order valence-electron chi connectivity index (χ3n) is 6.73. The summed E-state index contributed by atoms with van der Waals surface area (Å²) in [4.78, 5) is 20.3. The van der Waals surface area contributed by atoms with Crippen LogP contribution in [0.1, 0.15) is 43.4 Å². The van der Waals surface area contributed by atoms with E-state index < -0.39 is 0 Å². The second-order valence-corrected chi connectivity index (χ2v) is 9.96. The van der Waals surface area contributed by atoms with Gasteiger partial charge in [-0.1, -0.05) is 48.6 Å². The number of anilines is 1. The van der Waals surface area contributed by atoms with Crippen LogP contribution in [0.4, 0.5) is 5.13 Å². The molecular formula is C27H31N5O2S. The predicted octanol–water partition coefficient (Wildman–Crippen LogP) is 5.08. The zero-order valence-corrected chi connectivity index (χ0v) is 21.2. The Bertz CT molecular complexity index is 1290. The van der Waals surface area contributed by atoms with Crippen LogP contribution in [-0.2, 0) is 4.79 Å². The fourth-order valence-corrected chi connectivity index (χ4v) is 5.77. The van der Waals surface area contributed by atoms with E-state index in [1.165, 1.54) is 0 Å². The third kappa shape index (κ3) is 4.75. The number of rotatable bonds is 7. The molecular weight excluding hydrogens is 458 g/mol.